The van der Waals surface area contributed by atoms with E-state index in [0.29, 0.717) is 0 Å². The smallest absolute Gasteiger partial charge is 0.0348 e. The van der Waals surface area contributed by atoms with Gasteiger partial charge in [0.1, 0.15) is 0 Å². The van der Waals surface area contributed by atoms with E-state index in [2.05, 4.69) is 13.8 Å². The van der Waals surface area contributed by atoms with Crippen molar-refractivity contribution in [2.75, 3.05) is 0 Å². The molecule has 1 radical (unpaired) electrons. The number of allylic oxidation sites excluding steroid dienone is 1. The van der Waals surface area contributed by atoms with Crippen LogP contribution in [0, 0.1) is 12.5 Å². The summed E-state index contributed by atoms with van der Waals surface area (Å²) < 4.78 is 0. The lowest BCUT2D eigenvalue weighted by Crippen LogP contribution is -2.01. The van der Waals surface area contributed by atoms with Crippen molar-refractivity contribution in [1.82, 2.24) is 0 Å². The topological polar surface area (TPSA) is 0 Å². The van der Waals surface area contributed by atoms with Crippen molar-refractivity contribution in [3.63, 3.8) is 0 Å². The van der Waals surface area contributed by atoms with Crippen LogP contribution in [0.5, 0.6) is 0 Å². The van der Waals surface area contributed by atoms with Gasteiger partial charge in [0.15, 0.2) is 0 Å². The third kappa shape index (κ3) is 10.3. The lowest BCUT2D eigenvalue weighted by Gasteiger charge is -2.16. The average molecular weight is 223 g/mol. The summed E-state index contributed by atoms with van der Waals surface area (Å²) in [7, 11) is 0. The summed E-state index contributed by atoms with van der Waals surface area (Å²) in [5, 5.41) is 0. The van der Waals surface area contributed by atoms with Gasteiger partial charge in [-0.2, -0.15) is 0 Å². The molecular formula is C16H31. The van der Waals surface area contributed by atoms with Crippen molar-refractivity contribution >= 4 is 0 Å². The predicted molar refractivity (Wildman–Crippen MR) is 74.5 cm³/mol. The molecule has 0 amide bonds. The second-order valence-electron chi connectivity index (χ2n) is 5.02. The maximum Gasteiger partial charge on any atom is -0.0348 e. The molecule has 16 heavy (non-hydrogen) atoms. The fourth-order valence-corrected chi connectivity index (χ4v) is 2.31. The van der Waals surface area contributed by atoms with Crippen LogP contribution in [0.25, 0.3) is 0 Å². The molecular weight excluding hydrogens is 192 g/mol. The third-order valence-electron chi connectivity index (χ3n) is 3.42. The largest absolute Gasteiger partial charge is 0.0845 e. The van der Waals surface area contributed by atoms with E-state index in [1.165, 1.54) is 64.2 Å². The van der Waals surface area contributed by atoms with Crippen LogP contribution in [0.15, 0.2) is 6.08 Å². The van der Waals surface area contributed by atoms with E-state index in [1.54, 1.807) is 0 Å². The highest BCUT2D eigenvalue weighted by atomic mass is 14.1. The first-order valence-corrected chi connectivity index (χ1v) is 7.38. The van der Waals surface area contributed by atoms with Crippen LogP contribution in [-0.4, -0.2) is 0 Å². The van der Waals surface area contributed by atoms with Crippen molar-refractivity contribution in [2.45, 2.75) is 84.5 Å². The molecule has 0 rings (SSSR count). The molecule has 0 bridgehead atoms. The van der Waals surface area contributed by atoms with Crippen LogP contribution in [0.1, 0.15) is 84.5 Å². The van der Waals surface area contributed by atoms with Crippen LogP contribution >= 0.6 is 0 Å². The minimum Gasteiger partial charge on any atom is -0.0845 e. The molecule has 0 heterocycles. The monoisotopic (exact) mass is 223 g/mol. The van der Waals surface area contributed by atoms with Crippen molar-refractivity contribution < 1.29 is 0 Å². The molecule has 1 unspecified atom stereocenters. The Labute approximate surface area is 104 Å². The van der Waals surface area contributed by atoms with Gasteiger partial charge in [-0.1, -0.05) is 84.3 Å². The maximum atomic E-state index is 5.43. The lowest BCUT2D eigenvalue weighted by molar-refractivity contribution is 0.380. The molecule has 1 atom stereocenters. The fraction of sp³-hybridized carbons (Fsp3) is 0.875. The van der Waals surface area contributed by atoms with E-state index >= 15 is 0 Å². The fourth-order valence-electron chi connectivity index (χ4n) is 2.31. The van der Waals surface area contributed by atoms with Crippen LogP contribution in [0.4, 0.5) is 0 Å². The molecule has 0 saturated carbocycles. The Balaban J connectivity index is 3.58. The normalized spacial score (nSPS) is 12.6. The SMILES string of the molecule is [CH]=CCCCC(CCCC)CCCCCC. The average Bonchev–Trinajstić information content (AvgIpc) is 2.31. The molecule has 0 nitrogen and oxygen atoms in total. The molecule has 0 aliphatic heterocycles. The predicted octanol–water partition coefficient (Wildman–Crippen LogP) is 5.92. The molecule has 0 aromatic rings. The molecule has 95 valence electrons. The Morgan fingerprint density at radius 3 is 2.06 bits per heavy atom. The Kier molecular flexibility index (Phi) is 12.6. The molecule has 0 aromatic heterocycles. The summed E-state index contributed by atoms with van der Waals surface area (Å²) >= 11 is 0. The summed E-state index contributed by atoms with van der Waals surface area (Å²) in [6, 6.07) is 0. The molecule has 0 aliphatic carbocycles. The molecule has 0 fully saturated rings. The van der Waals surface area contributed by atoms with Gasteiger partial charge in [-0.25, -0.2) is 0 Å². The zero-order chi connectivity index (χ0) is 12.1. The highest BCUT2D eigenvalue weighted by Crippen LogP contribution is 2.22. The van der Waals surface area contributed by atoms with Crippen molar-refractivity contribution in [2.24, 2.45) is 5.92 Å². The van der Waals surface area contributed by atoms with Crippen molar-refractivity contribution in [3.8, 4) is 0 Å². The van der Waals surface area contributed by atoms with Crippen molar-refractivity contribution in [1.29, 1.82) is 0 Å². The Hall–Kier alpha value is -0.260. The summed E-state index contributed by atoms with van der Waals surface area (Å²) in [6.07, 6.45) is 16.9. The van der Waals surface area contributed by atoms with E-state index in [-0.39, 0.29) is 0 Å². The van der Waals surface area contributed by atoms with Gasteiger partial charge in [0.05, 0.1) is 0 Å². The van der Waals surface area contributed by atoms with Crippen LogP contribution in [0.2, 0.25) is 0 Å². The van der Waals surface area contributed by atoms with Gasteiger partial charge >= 0.3 is 0 Å². The van der Waals surface area contributed by atoms with Gasteiger partial charge in [-0.15, -0.1) is 0 Å². The quantitative estimate of drug-likeness (QED) is 0.360. The number of unbranched alkanes of at least 4 members (excludes halogenated alkanes) is 5. The van der Waals surface area contributed by atoms with E-state index in [9.17, 15) is 0 Å². The summed E-state index contributed by atoms with van der Waals surface area (Å²) in [6.45, 7) is 10.0. The Morgan fingerprint density at radius 2 is 1.44 bits per heavy atom. The second kappa shape index (κ2) is 12.8. The first-order valence-electron chi connectivity index (χ1n) is 7.38. The number of hydrogen-bond acceptors (Lipinski definition) is 0. The van der Waals surface area contributed by atoms with Gasteiger partial charge in [-0.3, -0.25) is 0 Å². The molecule has 0 aliphatic rings. The number of rotatable bonds is 12. The van der Waals surface area contributed by atoms with Gasteiger partial charge in [0.2, 0.25) is 0 Å². The van der Waals surface area contributed by atoms with Gasteiger partial charge in [0, 0.05) is 0 Å². The molecule has 0 spiro atoms. The Morgan fingerprint density at radius 1 is 0.812 bits per heavy atom. The standard InChI is InChI=1S/C16H31/c1-4-7-10-12-15-16(13-9-6-3)14-11-8-5-2/h2,5,16H,4,6-15H2,1,3H3. The van der Waals surface area contributed by atoms with Gasteiger partial charge < -0.3 is 0 Å². The van der Waals surface area contributed by atoms with Gasteiger partial charge in [-0.05, 0) is 18.8 Å². The van der Waals surface area contributed by atoms with Crippen LogP contribution < -0.4 is 0 Å². The molecule has 0 heteroatoms. The van der Waals surface area contributed by atoms with E-state index in [1.807, 2.05) is 6.08 Å². The first kappa shape index (κ1) is 15.7. The number of hydrogen-bond donors (Lipinski definition) is 0. The second-order valence-corrected chi connectivity index (χ2v) is 5.02. The highest BCUT2D eigenvalue weighted by Gasteiger charge is 2.07. The molecule has 0 saturated heterocycles. The Bertz CT molecular complexity index is 137. The highest BCUT2D eigenvalue weighted by molar-refractivity contribution is 4.66. The minimum atomic E-state index is 0.969. The first-order chi connectivity index (χ1) is 7.85. The summed E-state index contributed by atoms with van der Waals surface area (Å²) in [5.41, 5.74) is 0. The summed E-state index contributed by atoms with van der Waals surface area (Å²) in [4.78, 5) is 0. The van der Waals surface area contributed by atoms with E-state index in [4.69, 9.17) is 6.58 Å². The maximum absolute atomic E-state index is 5.43. The minimum absolute atomic E-state index is 0.969. The molecule has 0 N–H and O–H groups in total. The zero-order valence-electron chi connectivity index (χ0n) is 11.5. The van der Waals surface area contributed by atoms with E-state index in [0.717, 1.165) is 12.3 Å². The van der Waals surface area contributed by atoms with Crippen LogP contribution in [-0.2, 0) is 0 Å². The van der Waals surface area contributed by atoms with E-state index < -0.39 is 0 Å². The lowest BCUT2D eigenvalue weighted by atomic mass is 9.90. The zero-order valence-corrected chi connectivity index (χ0v) is 11.5. The van der Waals surface area contributed by atoms with Crippen LogP contribution in [0.3, 0.4) is 0 Å². The van der Waals surface area contributed by atoms with Crippen molar-refractivity contribution in [3.05, 3.63) is 12.7 Å². The third-order valence-corrected chi connectivity index (χ3v) is 3.42. The summed E-state index contributed by atoms with van der Waals surface area (Å²) in [5.74, 6) is 0.969. The molecule has 0 aromatic carbocycles. The van der Waals surface area contributed by atoms with Gasteiger partial charge in [0.25, 0.3) is 0 Å².